The van der Waals surface area contributed by atoms with Crippen molar-refractivity contribution in [3.63, 3.8) is 0 Å². The van der Waals surface area contributed by atoms with Crippen molar-refractivity contribution in [2.45, 2.75) is 52.6 Å². The van der Waals surface area contributed by atoms with Crippen LogP contribution in [0.15, 0.2) is 48.5 Å². The maximum absolute atomic E-state index is 12.8. The maximum atomic E-state index is 12.8. The van der Waals surface area contributed by atoms with E-state index in [4.69, 9.17) is 0 Å². The van der Waals surface area contributed by atoms with Crippen LogP contribution in [-0.4, -0.2) is 35.8 Å². The van der Waals surface area contributed by atoms with E-state index in [9.17, 15) is 9.59 Å². The number of carbonyl (C=O) groups excluding carboxylic acids is 2. The first-order valence-electron chi connectivity index (χ1n) is 11.0. The van der Waals surface area contributed by atoms with Crippen molar-refractivity contribution in [3.05, 3.63) is 65.2 Å². The van der Waals surface area contributed by atoms with Gasteiger partial charge in [0.15, 0.2) is 0 Å². The number of benzene rings is 2. The van der Waals surface area contributed by atoms with Gasteiger partial charge in [-0.2, -0.15) is 0 Å². The number of likely N-dealkylation sites (tertiary alicyclic amines) is 1. The zero-order valence-corrected chi connectivity index (χ0v) is 18.3. The Morgan fingerprint density at radius 1 is 1.03 bits per heavy atom. The number of carbonyl (C=O) groups is 2. The lowest BCUT2D eigenvalue weighted by atomic mass is 9.99. The molecule has 5 nitrogen and oxygen atoms in total. The number of anilines is 1. The van der Waals surface area contributed by atoms with Gasteiger partial charge in [0, 0.05) is 18.2 Å². The number of amides is 2. The molecule has 1 aliphatic heterocycles. The number of hydrogen-bond acceptors (Lipinski definition) is 3. The molecular formula is C25H33N3O2. The van der Waals surface area contributed by atoms with Crippen LogP contribution in [-0.2, 0) is 6.54 Å². The van der Waals surface area contributed by atoms with Crippen molar-refractivity contribution >= 4 is 17.5 Å². The van der Waals surface area contributed by atoms with Gasteiger partial charge in [0.2, 0.25) is 0 Å². The average Bonchev–Trinajstić information content (AvgIpc) is 2.76. The minimum absolute atomic E-state index is 0.0805. The smallest absolute Gasteiger partial charge is 0.255 e. The molecule has 0 spiro atoms. The predicted molar refractivity (Wildman–Crippen MR) is 122 cm³/mol. The minimum Gasteiger partial charge on any atom is -0.350 e. The van der Waals surface area contributed by atoms with Gasteiger partial charge >= 0.3 is 0 Å². The molecule has 0 radical (unpaired) electrons. The summed E-state index contributed by atoms with van der Waals surface area (Å²) in [5.41, 5.74) is 2.80. The Morgan fingerprint density at radius 3 is 2.37 bits per heavy atom. The van der Waals surface area contributed by atoms with E-state index in [1.807, 2.05) is 44.2 Å². The van der Waals surface area contributed by atoms with E-state index in [1.165, 1.54) is 18.4 Å². The highest BCUT2D eigenvalue weighted by atomic mass is 16.2. The summed E-state index contributed by atoms with van der Waals surface area (Å²) in [6.07, 6.45) is 3.36. The highest BCUT2D eigenvalue weighted by Crippen LogP contribution is 2.19. The fourth-order valence-electron chi connectivity index (χ4n) is 3.63. The molecule has 160 valence electrons. The van der Waals surface area contributed by atoms with E-state index in [2.05, 4.69) is 22.5 Å². The molecule has 0 unspecified atom stereocenters. The third-order valence-corrected chi connectivity index (χ3v) is 5.91. The SMILES string of the molecule is CC[C@H](C)NC(=O)c1ccccc1NC(=O)c1ccc(CN2CCC(C)CC2)cc1. The Kier molecular flexibility index (Phi) is 7.63. The van der Waals surface area contributed by atoms with E-state index < -0.39 is 0 Å². The standard InChI is InChI=1S/C25H33N3O2/c1-4-19(3)26-25(30)22-7-5-6-8-23(22)27-24(29)21-11-9-20(10-12-21)17-28-15-13-18(2)14-16-28/h5-12,18-19H,4,13-17H2,1-3H3,(H,26,30)(H,27,29)/t19-/m0/s1. The second-order valence-electron chi connectivity index (χ2n) is 8.44. The highest BCUT2D eigenvalue weighted by Gasteiger charge is 2.17. The first kappa shape index (κ1) is 22.0. The van der Waals surface area contributed by atoms with Gasteiger partial charge in [-0.15, -0.1) is 0 Å². The largest absolute Gasteiger partial charge is 0.350 e. The zero-order chi connectivity index (χ0) is 21.5. The number of piperidine rings is 1. The number of hydrogen-bond donors (Lipinski definition) is 2. The third-order valence-electron chi connectivity index (χ3n) is 5.91. The summed E-state index contributed by atoms with van der Waals surface area (Å²) < 4.78 is 0. The van der Waals surface area contributed by atoms with Crippen LogP contribution >= 0.6 is 0 Å². The van der Waals surface area contributed by atoms with Crippen molar-refractivity contribution in [1.29, 1.82) is 0 Å². The molecule has 1 fully saturated rings. The van der Waals surface area contributed by atoms with Crippen molar-refractivity contribution in [2.75, 3.05) is 18.4 Å². The number of nitrogens with zero attached hydrogens (tertiary/aromatic N) is 1. The molecule has 1 atom stereocenters. The first-order chi connectivity index (χ1) is 14.5. The molecule has 1 aliphatic rings. The Morgan fingerprint density at radius 2 is 1.70 bits per heavy atom. The molecule has 0 bridgehead atoms. The van der Waals surface area contributed by atoms with Gasteiger partial charge in [0.05, 0.1) is 11.3 Å². The lowest BCUT2D eigenvalue weighted by Crippen LogP contribution is -2.32. The molecule has 0 aromatic heterocycles. The van der Waals surface area contributed by atoms with Crippen LogP contribution in [0.4, 0.5) is 5.69 Å². The van der Waals surface area contributed by atoms with Crippen molar-refractivity contribution < 1.29 is 9.59 Å². The normalized spacial score (nSPS) is 16.1. The summed E-state index contributed by atoms with van der Waals surface area (Å²) in [5, 5.41) is 5.85. The second-order valence-corrected chi connectivity index (χ2v) is 8.44. The number of nitrogens with one attached hydrogen (secondary N) is 2. The topological polar surface area (TPSA) is 61.4 Å². The lowest BCUT2D eigenvalue weighted by Gasteiger charge is -2.30. The quantitative estimate of drug-likeness (QED) is 0.699. The van der Waals surface area contributed by atoms with E-state index in [0.29, 0.717) is 16.8 Å². The summed E-state index contributed by atoms with van der Waals surface area (Å²) in [6, 6.07) is 15.0. The zero-order valence-electron chi connectivity index (χ0n) is 18.3. The van der Waals surface area contributed by atoms with Gasteiger partial charge in [-0.3, -0.25) is 14.5 Å². The number of para-hydroxylation sites is 1. The summed E-state index contributed by atoms with van der Waals surface area (Å²) in [7, 11) is 0. The molecule has 0 aliphatic carbocycles. The molecule has 0 saturated carbocycles. The van der Waals surface area contributed by atoms with Crippen LogP contribution in [0.25, 0.3) is 0 Å². The second kappa shape index (κ2) is 10.4. The molecule has 1 heterocycles. The van der Waals surface area contributed by atoms with Crippen molar-refractivity contribution in [2.24, 2.45) is 5.92 Å². The molecule has 2 aromatic carbocycles. The fourth-order valence-corrected chi connectivity index (χ4v) is 3.63. The monoisotopic (exact) mass is 407 g/mol. The fraction of sp³-hybridized carbons (Fsp3) is 0.440. The predicted octanol–water partition coefficient (Wildman–Crippen LogP) is 4.70. The van der Waals surface area contributed by atoms with Crippen LogP contribution in [0.2, 0.25) is 0 Å². The van der Waals surface area contributed by atoms with Crippen LogP contribution in [0.1, 0.15) is 66.3 Å². The first-order valence-corrected chi connectivity index (χ1v) is 11.0. The van der Waals surface area contributed by atoms with Gasteiger partial charge in [-0.1, -0.05) is 38.1 Å². The van der Waals surface area contributed by atoms with Gasteiger partial charge in [0.1, 0.15) is 0 Å². The van der Waals surface area contributed by atoms with Gasteiger partial charge in [-0.05, 0) is 75.0 Å². The van der Waals surface area contributed by atoms with Crippen molar-refractivity contribution in [3.8, 4) is 0 Å². The highest BCUT2D eigenvalue weighted by molar-refractivity contribution is 6.09. The summed E-state index contributed by atoms with van der Waals surface area (Å²) in [4.78, 5) is 27.8. The van der Waals surface area contributed by atoms with Gasteiger partial charge in [-0.25, -0.2) is 0 Å². The van der Waals surface area contributed by atoms with E-state index >= 15 is 0 Å². The van der Waals surface area contributed by atoms with Crippen molar-refractivity contribution in [1.82, 2.24) is 10.2 Å². The molecular weight excluding hydrogens is 374 g/mol. The summed E-state index contributed by atoms with van der Waals surface area (Å²) >= 11 is 0. The lowest BCUT2D eigenvalue weighted by molar-refractivity contribution is 0.0940. The summed E-state index contributed by atoms with van der Waals surface area (Å²) in [6.45, 7) is 9.50. The van der Waals surface area contributed by atoms with E-state index in [1.54, 1.807) is 18.2 Å². The minimum atomic E-state index is -0.211. The Balaban J connectivity index is 1.63. The van der Waals surface area contributed by atoms with Gasteiger partial charge < -0.3 is 10.6 Å². The molecule has 5 heteroatoms. The molecule has 3 rings (SSSR count). The van der Waals surface area contributed by atoms with E-state index in [-0.39, 0.29) is 17.9 Å². The molecule has 1 saturated heterocycles. The molecule has 30 heavy (non-hydrogen) atoms. The van der Waals surface area contributed by atoms with Crippen LogP contribution in [0.5, 0.6) is 0 Å². The Hall–Kier alpha value is -2.66. The Labute approximate surface area is 179 Å². The third kappa shape index (κ3) is 5.92. The summed E-state index contributed by atoms with van der Waals surface area (Å²) in [5.74, 6) is 0.436. The number of rotatable bonds is 7. The van der Waals surface area contributed by atoms with E-state index in [0.717, 1.165) is 32.0 Å². The van der Waals surface area contributed by atoms with Crippen LogP contribution in [0.3, 0.4) is 0 Å². The van der Waals surface area contributed by atoms with Gasteiger partial charge in [0.25, 0.3) is 11.8 Å². The molecule has 2 N–H and O–H groups in total. The van der Waals surface area contributed by atoms with Crippen LogP contribution < -0.4 is 10.6 Å². The molecule has 2 aromatic rings. The maximum Gasteiger partial charge on any atom is 0.255 e. The molecule has 2 amide bonds. The average molecular weight is 408 g/mol. The Bertz CT molecular complexity index is 855. The van der Waals surface area contributed by atoms with Crippen LogP contribution in [0, 0.1) is 5.92 Å².